The summed E-state index contributed by atoms with van der Waals surface area (Å²) in [6.07, 6.45) is 3.13. The van der Waals surface area contributed by atoms with E-state index >= 15 is 0 Å². The number of rotatable bonds is 4. The fourth-order valence-corrected chi connectivity index (χ4v) is 1.95. The number of halogens is 1. The maximum absolute atomic E-state index is 11.0. The largest absolute Gasteiger partial charge is 0.446 e. The van der Waals surface area contributed by atoms with Crippen molar-refractivity contribution >= 4 is 27.3 Å². The molecule has 0 aliphatic rings. The molecule has 6 nitrogen and oxygen atoms in total. The Hall–Kier alpha value is -1.57. The molecule has 0 unspecified atom stereocenters. The van der Waals surface area contributed by atoms with E-state index in [2.05, 4.69) is 10.3 Å². The highest BCUT2D eigenvalue weighted by Crippen LogP contribution is 2.20. The highest BCUT2D eigenvalue weighted by atomic mass is 35.5. The van der Waals surface area contributed by atoms with Gasteiger partial charge in [-0.15, -0.1) is 0 Å². The highest BCUT2D eigenvalue weighted by molar-refractivity contribution is 7.89. The number of nitrogens with one attached hydrogen (secondary N) is 1. The van der Waals surface area contributed by atoms with Gasteiger partial charge in [-0.1, -0.05) is 11.6 Å². The van der Waals surface area contributed by atoms with E-state index in [0.29, 0.717) is 16.5 Å². The van der Waals surface area contributed by atoms with E-state index < -0.39 is 10.0 Å². The predicted molar refractivity (Wildman–Crippen MR) is 66.7 cm³/mol. The van der Waals surface area contributed by atoms with Gasteiger partial charge in [-0.2, -0.15) is 0 Å². The number of nitrogens with zero attached hydrogens (tertiary/aromatic N) is 1. The first-order valence-corrected chi connectivity index (χ1v) is 6.84. The van der Waals surface area contributed by atoms with Crippen LogP contribution in [0.4, 0.5) is 5.69 Å². The third-order valence-electron chi connectivity index (χ3n) is 2.14. The summed E-state index contributed by atoms with van der Waals surface area (Å²) in [6, 6.07) is 4.47. The zero-order valence-corrected chi connectivity index (χ0v) is 10.7. The first kappa shape index (κ1) is 12.9. The summed E-state index contributed by atoms with van der Waals surface area (Å²) in [5.41, 5.74) is 0.632. The molecule has 0 atom stereocenters. The van der Waals surface area contributed by atoms with Crippen LogP contribution in [0.1, 0.15) is 5.76 Å². The van der Waals surface area contributed by atoms with Gasteiger partial charge in [0.15, 0.2) is 0 Å². The minimum atomic E-state index is -3.81. The molecule has 0 saturated carbocycles. The molecule has 8 heteroatoms. The Kier molecular flexibility index (Phi) is 3.55. The third-order valence-corrected chi connectivity index (χ3v) is 3.25. The average molecular weight is 288 g/mol. The number of hydrogen-bond acceptors (Lipinski definition) is 5. The number of nitrogens with two attached hydrogens (primary N) is 1. The Morgan fingerprint density at radius 3 is 2.78 bits per heavy atom. The molecular weight excluding hydrogens is 278 g/mol. The van der Waals surface area contributed by atoms with Crippen molar-refractivity contribution in [2.75, 3.05) is 5.32 Å². The number of pyridine rings is 1. The molecular formula is C10H10ClN3O3S. The number of hydrogen-bond donors (Lipinski definition) is 2. The van der Waals surface area contributed by atoms with Crippen LogP contribution >= 0.6 is 11.6 Å². The van der Waals surface area contributed by atoms with Gasteiger partial charge in [-0.3, -0.25) is 4.98 Å². The van der Waals surface area contributed by atoms with Gasteiger partial charge in [0.05, 0.1) is 23.5 Å². The molecule has 96 valence electrons. The number of anilines is 1. The fraction of sp³-hybridized carbons (Fsp3) is 0.100. The maximum atomic E-state index is 11.0. The minimum absolute atomic E-state index is 0.267. The highest BCUT2D eigenvalue weighted by Gasteiger charge is 2.13. The summed E-state index contributed by atoms with van der Waals surface area (Å²) in [4.78, 5) is 3.91. The van der Waals surface area contributed by atoms with Gasteiger partial charge in [-0.25, -0.2) is 13.6 Å². The van der Waals surface area contributed by atoms with Crippen molar-refractivity contribution in [1.82, 2.24) is 4.98 Å². The molecule has 2 rings (SSSR count). The average Bonchev–Trinajstić information content (AvgIpc) is 2.76. The number of sulfonamides is 1. The summed E-state index contributed by atoms with van der Waals surface area (Å²) in [5, 5.41) is 8.15. The lowest BCUT2D eigenvalue weighted by molar-refractivity contribution is 0.419. The van der Waals surface area contributed by atoms with Crippen LogP contribution in [0.2, 0.25) is 5.02 Å². The fourth-order valence-electron chi connectivity index (χ4n) is 1.30. The molecule has 0 aliphatic heterocycles. The lowest BCUT2D eigenvalue weighted by Crippen LogP contribution is -2.10. The molecule has 0 aromatic carbocycles. The van der Waals surface area contributed by atoms with Crippen molar-refractivity contribution in [3.8, 4) is 0 Å². The molecule has 2 heterocycles. The van der Waals surface area contributed by atoms with Crippen molar-refractivity contribution in [2.24, 2.45) is 5.14 Å². The molecule has 0 saturated heterocycles. The lowest BCUT2D eigenvalue weighted by atomic mass is 10.4. The van der Waals surface area contributed by atoms with Gasteiger partial charge in [0.1, 0.15) is 5.76 Å². The van der Waals surface area contributed by atoms with Crippen LogP contribution in [0.15, 0.2) is 40.1 Å². The third kappa shape index (κ3) is 3.00. The topological polar surface area (TPSA) is 98.2 Å². The number of primary sulfonamides is 1. The molecule has 3 N–H and O–H groups in total. The summed E-state index contributed by atoms with van der Waals surface area (Å²) >= 11 is 5.92. The van der Waals surface area contributed by atoms with Crippen LogP contribution in [-0.2, 0) is 16.6 Å². The van der Waals surface area contributed by atoms with E-state index in [1.165, 1.54) is 12.1 Å². The van der Waals surface area contributed by atoms with Crippen LogP contribution in [0.25, 0.3) is 0 Å². The van der Waals surface area contributed by atoms with Gasteiger partial charge >= 0.3 is 0 Å². The second-order valence-electron chi connectivity index (χ2n) is 3.47. The molecule has 0 amide bonds. The first-order chi connectivity index (χ1) is 8.47. The van der Waals surface area contributed by atoms with Gasteiger partial charge in [-0.05, 0) is 18.2 Å². The summed E-state index contributed by atoms with van der Waals surface area (Å²) < 4.78 is 27.1. The van der Waals surface area contributed by atoms with Crippen molar-refractivity contribution in [3.05, 3.63) is 41.4 Å². The Balaban J connectivity index is 2.08. The van der Waals surface area contributed by atoms with Crippen molar-refractivity contribution < 1.29 is 12.8 Å². The Morgan fingerprint density at radius 1 is 1.39 bits per heavy atom. The smallest absolute Gasteiger partial charge is 0.271 e. The minimum Gasteiger partial charge on any atom is -0.446 e. The summed E-state index contributed by atoms with van der Waals surface area (Å²) in [6.45, 7) is 0.279. The van der Waals surface area contributed by atoms with Crippen molar-refractivity contribution in [1.29, 1.82) is 0 Å². The second kappa shape index (κ2) is 4.97. The Bertz CT molecular complexity index is 654. The molecule has 0 aliphatic carbocycles. The van der Waals surface area contributed by atoms with Crippen LogP contribution in [0.3, 0.4) is 0 Å². The summed E-state index contributed by atoms with van der Waals surface area (Å²) in [7, 11) is -3.81. The zero-order chi connectivity index (χ0) is 13.2. The molecule has 2 aromatic heterocycles. The van der Waals surface area contributed by atoms with Crippen LogP contribution < -0.4 is 10.5 Å². The molecule has 2 aromatic rings. The van der Waals surface area contributed by atoms with Crippen LogP contribution in [0, 0.1) is 0 Å². The SMILES string of the molecule is NS(=O)(=O)c1ccc(CNc2cnccc2Cl)o1. The normalized spacial score (nSPS) is 11.4. The van der Waals surface area contributed by atoms with Crippen LogP contribution in [0.5, 0.6) is 0 Å². The molecule has 0 radical (unpaired) electrons. The summed E-state index contributed by atoms with van der Waals surface area (Å²) in [5.74, 6) is 0.430. The van der Waals surface area contributed by atoms with Crippen molar-refractivity contribution in [3.63, 3.8) is 0 Å². The van der Waals surface area contributed by atoms with Gasteiger partial charge in [0.25, 0.3) is 10.0 Å². The van der Waals surface area contributed by atoms with E-state index in [1.54, 1.807) is 18.5 Å². The Morgan fingerprint density at radius 2 is 2.17 bits per heavy atom. The van der Waals surface area contributed by atoms with Gasteiger partial charge in [0.2, 0.25) is 5.09 Å². The maximum Gasteiger partial charge on any atom is 0.271 e. The van der Waals surface area contributed by atoms with E-state index in [1.807, 2.05) is 0 Å². The van der Waals surface area contributed by atoms with E-state index in [0.717, 1.165) is 0 Å². The van der Waals surface area contributed by atoms with Crippen LogP contribution in [-0.4, -0.2) is 13.4 Å². The van der Waals surface area contributed by atoms with Gasteiger partial charge in [0, 0.05) is 6.20 Å². The zero-order valence-electron chi connectivity index (χ0n) is 9.13. The lowest BCUT2D eigenvalue weighted by Gasteiger charge is -2.05. The standard InChI is InChI=1S/C10H10ClN3O3S/c11-8-3-4-13-6-9(8)14-5-7-1-2-10(17-7)18(12,15)16/h1-4,6,14H,5H2,(H2,12,15,16). The monoisotopic (exact) mass is 287 g/mol. The molecule has 18 heavy (non-hydrogen) atoms. The first-order valence-electron chi connectivity index (χ1n) is 4.92. The van der Waals surface area contributed by atoms with E-state index in [9.17, 15) is 8.42 Å². The second-order valence-corrected chi connectivity index (χ2v) is 5.37. The van der Waals surface area contributed by atoms with E-state index in [-0.39, 0.29) is 11.6 Å². The van der Waals surface area contributed by atoms with E-state index in [4.69, 9.17) is 21.2 Å². The predicted octanol–water partition coefficient (Wildman–Crippen LogP) is 1.59. The molecule has 0 bridgehead atoms. The molecule has 0 fully saturated rings. The van der Waals surface area contributed by atoms with Crippen molar-refractivity contribution in [2.45, 2.75) is 11.6 Å². The number of aromatic nitrogens is 1. The number of furan rings is 1. The molecule has 0 spiro atoms. The quantitative estimate of drug-likeness (QED) is 0.890. The Labute approximate surface area is 109 Å². The van der Waals surface area contributed by atoms with Gasteiger partial charge < -0.3 is 9.73 Å².